The number of piperidine rings is 1. The number of nitrogens with one attached hydrogen (secondary N) is 3. The third-order valence-corrected chi connectivity index (χ3v) is 7.81. The van der Waals surface area contributed by atoms with Crippen molar-refractivity contribution in [3.63, 3.8) is 0 Å². The minimum atomic E-state index is 0.0739. The SMILES string of the molecule is Cc1cccc(-c2nccc(Nc3ccnc(Cc4ccc(CN5CCCC(C(=O)N[C@@H]6CCNC6)C5)cc4)n3)n2)n1. The van der Waals surface area contributed by atoms with E-state index in [2.05, 4.69) is 65.1 Å². The van der Waals surface area contributed by atoms with Crippen molar-refractivity contribution in [1.82, 2.24) is 40.5 Å². The molecule has 216 valence electrons. The summed E-state index contributed by atoms with van der Waals surface area (Å²) in [5, 5.41) is 9.83. The van der Waals surface area contributed by atoms with Gasteiger partial charge in [0.1, 0.15) is 23.2 Å². The van der Waals surface area contributed by atoms with Crippen LogP contribution in [0.4, 0.5) is 11.6 Å². The highest BCUT2D eigenvalue weighted by Crippen LogP contribution is 2.21. The molecule has 4 aromatic rings. The van der Waals surface area contributed by atoms with Crippen molar-refractivity contribution in [2.75, 3.05) is 31.5 Å². The van der Waals surface area contributed by atoms with Gasteiger partial charge in [0.2, 0.25) is 5.91 Å². The number of pyridine rings is 1. The van der Waals surface area contributed by atoms with Crippen LogP contribution in [0.2, 0.25) is 0 Å². The van der Waals surface area contributed by atoms with Crippen molar-refractivity contribution < 1.29 is 4.79 Å². The number of hydrogen-bond donors (Lipinski definition) is 3. The lowest BCUT2D eigenvalue weighted by Crippen LogP contribution is -2.46. The predicted molar refractivity (Wildman–Crippen MR) is 162 cm³/mol. The number of hydrogen-bond acceptors (Lipinski definition) is 9. The Morgan fingerprint density at radius 2 is 1.76 bits per heavy atom. The first-order valence-electron chi connectivity index (χ1n) is 14.7. The summed E-state index contributed by atoms with van der Waals surface area (Å²) in [6.07, 6.45) is 7.15. The fourth-order valence-electron chi connectivity index (χ4n) is 5.62. The zero-order valence-electron chi connectivity index (χ0n) is 24.0. The van der Waals surface area contributed by atoms with Crippen LogP contribution >= 0.6 is 0 Å². The van der Waals surface area contributed by atoms with E-state index in [1.165, 1.54) is 5.56 Å². The molecule has 0 saturated carbocycles. The Hall–Kier alpha value is -4.28. The van der Waals surface area contributed by atoms with Crippen LogP contribution in [0, 0.1) is 12.8 Å². The Kier molecular flexibility index (Phi) is 8.72. The molecule has 2 aliphatic rings. The number of amides is 1. The minimum Gasteiger partial charge on any atom is -0.352 e. The Morgan fingerprint density at radius 1 is 0.952 bits per heavy atom. The van der Waals surface area contributed by atoms with Gasteiger partial charge in [-0.15, -0.1) is 0 Å². The Labute approximate surface area is 246 Å². The van der Waals surface area contributed by atoms with Crippen LogP contribution in [0.25, 0.3) is 11.5 Å². The number of rotatable bonds is 9. The Balaban J connectivity index is 1.03. The molecule has 1 unspecified atom stereocenters. The lowest BCUT2D eigenvalue weighted by molar-refractivity contribution is -0.127. The van der Waals surface area contributed by atoms with Crippen LogP contribution in [0.3, 0.4) is 0 Å². The molecule has 6 rings (SSSR count). The number of carbonyl (C=O) groups excluding carboxylic acids is 1. The molecule has 1 aromatic carbocycles. The summed E-state index contributed by atoms with van der Waals surface area (Å²) in [4.78, 5) is 37.9. The third kappa shape index (κ3) is 7.32. The van der Waals surface area contributed by atoms with Gasteiger partial charge in [0.25, 0.3) is 0 Å². The maximum absolute atomic E-state index is 12.8. The molecule has 0 spiro atoms. The second kappa shape index (κ2) is 13.1. The van der Waals surface area contributed by atoms with Crippen LogP contribution in [0.15, 0.2) is 67.0 Å². The maximum atomic E-state index is 12.8. The number of aromatic nitrogens is 5. The van der Waals surface area contributed by atoms with Gasteiger partial charge >= 0.3 is 0 Å². The number of benzene rings is 1. The first-order valence-corrected chi connectivity index (χ1v) is 14.7. The average Bonchev–Trinajstić information content (AvgIpc) is 3.52. The van der Waals surface area contributed by atoms with E-state index in [0.29, 0.717) is 23.9 Å². The molecule has 0 bridgehead atoms. The van der Waals surface area contributed by atoms with Gasteiger partial charge in [0, 0.05) is 50.2 Å². The van der Waals surface area contributed by atoms with E-state index < -0.39 is 0 Å². The summed E-state index contributed by atoms with van der Waals surface area (Å²) in [6.45, 7) is 6.52. The van der Waals surface area contributed by atoms with Crippen LogP contribution in [0.1, 0.15) is 41.9 Å². The summed E-state index contributed by atoms with van der Waals surface area (Å²) in [5.41, 5.74) is 4.04. The fourth-order valence-corrected chi connectivity index (χ4v) is 5.62. The van der Waals surface area contributed by atoms with E-state index in [1.807, 2.05) is 37.3 Å². The highest BCUT2D eigenvalue weighted by molar-refractivity contribution is 5.79. The molecule has 0 radical (unpaired) electrons. The summed E-state index contributed by atoms with van der Waals surface area (Å²) in [7, 11) is 0. The van der Waals surface area contributed by atoms with E-state index in [0.717, 1.165) is 74.8 Å². The van der Waals surface area contributed by atoms with Gasteiger partial charge < -0.3 is 16.0 Å². The topological polar surface area (TPSA) is 121 Å². The van der Waals surface area contributed by atoms with Crippen molar-refractivity contribution in [3.05, 3.63) is 89.6 Å². The molecule has 10 nitrogen and oxygen atoms in total. The first-order chi connectivity index (χ1) is 20.6. The molecule has 2 atom stereocenters. The van der Waals surface area contributed by atoms with Crippen LogP contribution in [0.5, 0.6) is 0 Å². The number of likely N-dealkylation sites (tertiary alicyclic amines) is 1. The van der Waals surface area contributed by atoms with Gasteiger partial charge in [-0.05, 0) is 74.7 Å². The molecule has 0 aliphatic carbocycles. The fraction of sp³-hybridized carbons (Fsp3) is 0.375. The molecule has 1 amide bonds. The molecule has 5 heterocycles. The maximum Gasteiger partial charge on any atom is 0.224 e. The second-order valence-electron chi connectivity index (χ2n) is 11.2. The quantitative estimate of drug-likeness (QED) is 0.280. The standard InChI is InChI=1S/C32H37N9O/c1-22-4-2-6-27(36-22)31-35-16-13-29(40-31)38-28-12-15-34-30(39-28)18-23-7-9-24(10-8-23)20-41-17-3-5-25(21-41)32(42)37-26-11-14-33-19-26/h2,4,6-10,12-13,15-16,25-26,33H,3,5,11,14,17-21H2,1H3,(H,37,42)(H,34,35,38,39,40)/t25?,26-/m1/s1. The molecule has 3 N–H and O–H groups in total. The number of anilines is 2. The summed E-state index contributed by atoms with van der Waals surface area (Å²) >= 11 is 0. The van der Waals surface area contributed by atoms with Gasteiger partial charge in [-0.3, -0.25) is 9.69 Å². The average molecular weight is 564 g/mol. The molecule has 2 aliphatic heterocycles. The van der Waals surface area contributed by atoms with Crippen molar-refractivity contribution in [2.45, 2.75) is 45.2 Å². The highest BCUT2D eigenvalue weighted by atomic mass is 16.2. The smallest absolute Gasteiger partial charge is 0.224 e. The predicted octanol–water partition coefficient (Wildman–Crippen LogP) is 3.66. The van der Waals surface area contributed by atoms with E-state index in [-0.39, 0.29) is 17.9 Å². The van der Waals surface area contributed by atoms with Gasteiger partial charge in [0.05, 0.1) is 5.92 Å². The monoisotopic (exact) mass is 563 g/mol. The molecule has 2 fully saturated rings. The van der Waals surface area contributed by atoms with E-state index in [4.69, 9.17) is 4.98 Å². The van der Waals surface area contributed by atoms with Crippen molar-refractivity contribution >= 4 is 17.5 Å². The zero-order chi connectivity index (χ0) is 28.7. The van der Waals surface area contributed by atoms with Gasteiger partial charge in [-0.2, -0.15) is 0 Å². The minimum absolute atomic E-state index is 0.0739. The molecule has 10 heteroatoms. The molecule has 2 saturated heterocycles. The lowest BCUT2D eigenvalue weighted by atomic mass is 9.96. The first kappa shape index (κ1) is 27.9. The molecular formula is C32H37N9O. The second-order valence-corrected chi connectivity index (χ2v) is 11.2. The molecule has 3 aromatic heterocycles. The lowest BCUT2D eigenvalue weighted by Gasteiger charge is -2.32. The number of carbonyl (C=O) groups is 1. The normalized spacial score (nSPS) is 19.0. The van der Waals surface area contributed by atoms with Gasteiger partial charge in [-0.1, -0.05) is 30.3 Å². The van der Waals surface area contributed by atoms with Crippen LogP contribution in [-0.2, 0) is 17.8 Å². The zero-order valence-corrected chi connectivity index (χ0v) is 24.0. The number of aryl methyl sites for hydroxylation is 1. The van der Waals surface area contributed by atoms with E-state index >= 15 is 0 Å². The summed E-state index contributed by atoms with van der Waals surface area (Å²) in [6, 6.07) is 18.4. The highest BCUT2D eigenvalue weighted by Gasteiger charge is 2.28. The molecular weight excluding hydrogens is 526 g/mol. The van der Waals surface area contributed by atoms with E-state index in [1.54, 1.807) is 12.4 Å². The summed E-state index contributed by atoms with van der Waals surface area (Å²) in [5.74, 6) is 2.89. The molecule has 42 heavy (non-hydrogen) atoms. The van der Waals surface area contributed by atoms with Crippen LogP contribution < -0.4 is 16.0 Å². The summed E-state index contributed by atoms with van der Waals surface area (Å²) < 4.78 is 0. The van der Waals surface area contributed by atoms with Crippen LogP contribution in [-0.4, -0.2) is 67.9 Å². The van der Waals surface area contributed by atoms with Gasteiger partial charge in [-0.25, -0.2) is 24.9 Å². The Morgan fingerprint density at radius 3 is 2.57 bits per heavy atom. The van der Waals surface area contributed by atoms with E-state index in [9.17, 15) is 4.79 Å². The third-order valence-electron chi connectivity index (χ3n) is 7.81. The van der Waals surface area contributed by atoms with Crippen molar-refractivity contribution in [1.29, 1.82) is 0 Å². The largest absolute Gasteiger partial charge is 0.352 e. The Bertz CT molecular complexity index is 1500. The van der Waals surface area contributed by atoms with Crippen molar-refractivity contribution in [3.8, 4) is 11.5 Å². The van der Waals surface area contributed by atoms with Gasteiger partial charge in [0.15, 0.2) is 5.82 Å². The number of nitrogens with zero attached hydrogens (tertiary/aromatic N) is 6. The van der Waals surface area contributed by atoms with Crippen molar-refractivity contribution in [2.24, 2.45) is 5.92 Å².